The highest BCUT2D eigenvalue weighted by Crippen LogP contribution is 2.27. The molecule has 102 valence electrons. The highest BCUT2D eigenvalue weighted by atomic mass is 16.5. The van der Waals surface area contributed by atoms with E-state index in [1.54, 1.807) is 0 Å². The Hall–Kier alpha value is -2.09. The molecule has 0 bridgehead atoms. The fourth-order valence-corrected chi connectivity index (χ4v) is 2.68. The van der Waals surface area contributed by atoms with Gasteiger partial charge in [-0.25, -0.2) is 0 Å². The molecule has 2 nitrogen and oxygen atoms in total. The van der Waals surface area contributed by atoms with Crippen LogP contribution < -0.4 is 4.74 Å². The number of Topliss-reactive ketones (excluding diaryl/α,β-unsaturated/α-hetero) is 1. The zero-order chi connectivity index (χ0) is 13.9. The number of ketones is 1. The molecule has 0 N–H and O–H groups in total. The topological polar surface area (TPSA) is 26.3 Å². The van der Waals surface area contributed by atoms with E-state index in [1.807, 2.05) is 42.5 Å². The summed E-state index contributed by atoms with van der Waals surface area (Å²) in [6.07, 6.45) is 1.30. The zero-order valence-corrected chi connectivity index (χ0v) is 11.6. The van der Waals surface area contributed by atoms with Gasteiger partial charge in [-0.2, -0.15) is 0 Å². The molecule has 0 aromatic heterocycles. The quantitative estimate of drug-likeness (QED) is 0.851. The van der Waals surface area contributed by atoms with Crippen LogP contribution in [0.15, 0.2) is 48.5 Å². The van der Waals surface area contributed by atoms with Crippen molar-refractivity contribution in [3.05, 3.63) is 65.2 Å². The van der Waals surface area contributed by atoms with Gasteiger partial charge in [0.05, 0.1) is 12.5 Å². The number of carbonyl (C=O) groups excluding carboxylic acids is 1. The highest BCUT2D eigenvalue weighted by Gasteiger charge is 2.25. The summed E-state index contributed by atoms with van der Waals surface area (Å²) in [5.41, 5.74) is 3.44. The molecular formula is C18H18O2. The molecule has 20 heavy (non-hydrogen) atoms. The van der Waals surface area contributed by atoms with Crippen molar-refractivity contribution in [2.75, 3.05) is 6.61 Å². The number of hydrogen-bond acceptors (Lipinski definition) is 2. The molecular weight excluding hydrogens is 248 g/mol. The van der Waals surface area contributed by atoms with Crippen LogP contribution in [-0.4, -0.2) is 12.4 Å². The second kappa shape index (κ2) is 5.49. The van der Waals surface area contributed by atoms with E-state index in [2.05, 4.69) is 13.0 Å². The summed E-state index contributed by atoms with van der Waals surface area (Å²) < 4.78 is 5.70. The number of para-hydroxylation sites is 1. The summed E-state index contributed by atoms with van der Waals surface area (Å²) in [6, 6.07) is 16.1. The molecule has 1 unspecified atom stereocenters. The summed E-state index contributed by atoms with van der Waals surface area (Å²) in [4.78, 5) is 12.4. The normalized spacial score (nSPS) is 17.1. The van der Waals surface area contributed by atoms with Crippen LogP contribution >= 0.6 is 0 Å². The first-order valence-electron chi connectivity index (χ1n) is 7.02. The number of rotatable bonds is 3. The van der Waals surface area contributed by atoms with E-state index in [-0.39, 0.29) is 11.7 Å². The first kappa shape index (κ1) is 12.9. The van der Waals surface area contributed by atoms with Crippen LogP contribution in [0.2, 0.25) is 0 Å². The van der Waals surface area contributed by atoms with Gasteiger partial charge < -0.3 is 4.74 Å². The second-order valence-electron chi connectivity index (χ2n) is 5.39. The summed E-state index contributed by atoms with van der Waals surface area (Å²) in [5.74, 6) is 1.17. The number of carbonyl (C=O) groups is 1. The fourth-order valence-electron chi connectivity index (χ4n) is 2.68. The maximum absolute atomic E-state index is 12.4. The van der Waals surface area contributed by atoms with E-state index >= 15 is 0 Å². The maximum Gasteiger partial charge on any atom is 0.144 e. The van der Waals surface area contributed by atoms with Crippen LogP contribution in [-0.2, 0) is 17.6 Å². The van der Waals surface area contributed by atoms with Crippen molar-refractivity contribution in [2.45, 2.75) is 19.8 Å². The second-order valence-corrected chi connectivity index (χ2v) is 5.39. The minimum Gasteiger partial charge on any atom is -0.493 e. The smallest absolute Gasteiger partial charge is 0.144 e. The zero-order valence-electron chi connectivity index (χ0n) is 11.6. The molecule has 0 aliphatic carbocycles. The summed E-state index contributed by atoms with van der Waals surface area (Å²) in [5, 5.41) is 0. The molecule has 0 fully saturated rings. The Morgan fingerprint density at radius 2 is 1.90 bits per heavy atom. The van der Waals surface area contributed by atoms with Gasteiger partial charge in [-0.05, 0) is 36.1 Å². The van der Waals surface area contributed by atoms with E-state index in [1.165, 1.54) is 5.56 Å². The van der Waals surface area contributed by atoms with Crippen LogP contribution in [0.5, 0.6) is 5.75 Å². The third kappa shape index (κ3) is 2.60. The Bertz CT molecular complexity index is 631. The van der Waals surface area contributed by atoms with Crippen LogP contribution in [0.3, 0.4) is 0 Å². The molecule has 1 aliphatic heterocycles. The first-order valence-corrected chi connectivity index (χ1v) is 7.02. The molecule has 2 heteroatoms. The number of ether oxygens (including phenoxy) is 1. The van der Waals surface area contributed by atoms with Crippen molar-refractivity contribution in [1.82, 2.24) is 0 Å². The Balaban J connectivity index is 1.72. The van der Waals surface area contributed by atoms with Crippen LogP contribution in [0.1, 0.15) is 16.7 Å². The van der Waals surface area contributed by atoms with Crippen LogP contribution in [0.4, 0.5) is 0 Å². The molecule has 2 aromatic rings. The minimum atomic E-state index is -0.0236. The predicted octanol–water partition coefficient (Wildman–Crippen LogP) is 3.36. The van der Waals surface area contributed by atoms with Gasteiger partial charge in [-0.1, -0.05) is 42.5 Å². The maximum atomic E-state index is 12.4. The van der Waals surface area contributed by atoms with Gasteiger partial charge in [0.25, 0.3) is 0 Å². The van der Waals surface area contributed by atoms with Crippen LogP contribution in [0.25, 0.3) is 0 Å². The van der Waals surface area contributed by atoms with Gasteiger partial charge >= 0.3 is 0 Å². The lowest BCUT2D eigenvalue weighted by Gasteiger charge is -2.24. The SMILES string of the molecule is Cc1ccccc1CC(=O)C1COc2ccccc2C1. The van der Waals surface area contributed by atoms with Crippen molar-refractivity contribution in [2.24, 2.45) is 5.92 Å². The van der Waals surface area contributed by atoms with Gasteiger partial charge in [0.1, 0.15) is 11.5 Å². The van der Waals surface area contributed by atoms with Gasteiger partial charge in [0, 0.05) is 6.42 Å². The standard InChI is InChI=1S/C18H18O2/c1-13-6-2-3-7-14(13)11-17(19)16-10-15-8-4-5-9-18(15)20-12-16/h2-9,16H,10-12H2,1H3. The highest BCUT2D eigenvalue weighted by molar-refractivity contribution is 5.84. The summed E-state index contributed by atoms with van der Waals surface area (Å²) in [6.45, 7) is 2.55. The van der Waals surface area contributed by atoms with E-state index in [0.29, 0.717) is 13.0 Å². The van der Waals surface area contributed by atoms with Gasteiger partial charge in [-0.3, -0.25) is 4.79 Å². The van der Waals surface area contributed by atoms with Gasteiger partial charge in [0.2, 0.25) is 0 Å². The molecule has 0 radical (unpaired) electrons. The average Bonchev–Trinajstić information content (AvgIpc) is 2.49. The lowest BCUT2D eigenvalue weighted by molar-refractivity contribution is -0.123. The lowest BCUT2D eigenvalue weighted by atomic mass is 9.89. The molecule has 2 aromatic carbocycles. The van der Waals surface area contributed by atoms with E-state index in [4.69, 9.17) is 4.74 Å². The molecule has 3 rings (SSSR count). The molecule has 0 spiro atoms. The number of benzene rings is 2. The van der Waals surface area contributed by atoms with Crippen molar-refractivity contribution in [3.8, 4) is 5.75 Å². The Labute approximate surface area is 119 Å². The largest absolute Gasteiger partial charge is 0.493 e. The summed E-state index contributed by atoms with van der Waals surface area (Å²) in [7, 11) is 0. The molecule has 0 saturated carbocycles. The van der Waals surface area contributed by atoms with E-state index < -0.39 is 0 Å². The monoisotopic (exact) mass is 266 g/mol. The molecule has 1 atom stereocenters. The lowest BCUT2D eigenvalue weighted by Crippen LogP contribution is -2.29. The molecule has 0 saturated heterocycles. The van der Waals surface area contributed by atoms with Crippen LogP contribution in [0, 0.1) is 12.8 Å². The minimum absolute atomic E-state index is 0.0236. The first-order chi connectivity index (χ1) is 9.74. The Morgan fingerprint density at radius 3 is 2.75 bits per heavy atom. The average molecular weight is 266 g/mol. The van der Waals surface area contributed by atoms with E-state index in [9.17, 15) is 4.79 Å². The molecule has 0 amide bonds. The third-order valence-electron chi connectivity index (χ3n) is 3.96. The predicted molar refractivity (Wildman–Crippen MR) is 79.0 cm³/mol. The Kier molecular flexibility index (Phi) is 3.55. The molecule has 1 aliphatic rings. The number of aryl methyl sites for hydroxylation is 1. The van der Waals surface area contributed by atoms with Gasteiger partial charge in [-0.15, -0.1) is 0 Å². The Morgan fingerprint density at radius 1 is 1.15 bits per heavy atom. The number of hydrogen-bond donors (Lipinski definition) is 0. The third-order valence-corrected chi connectivity index (χ3v) is 3.96. The molecule has 1 heterocycles. The van der Waals surface area contributed by atoms with Crippen molar-refractivity contribution < 1.29 is 9.53 Å². The van der Waals surface area contributed by atoms with E-state index in [0.717, 1.165) is 23.3 Å². The number of fused-ring (bicyclic) bond motifs is 1. The van der Waals surface area contributed by atoms with Crippen molar-refractivity contribution in [1.29, 1.82) is 0 Å². The van der Waals surface area contributed by atoms with Crippen molar-refractivity contribution in [3.63, 3.8) is 0 Å². The fraction of sp³-hybridized carbons (Fsp3) is 0.278. The van der Waals surface area contributed by atoms with Crippen molar-refractivity contribution >= 4 is 5.78 Å². The summed E-state index contributed by atoms with van der Waals surface area (Å²) >= 11 is 0. The van der Waals surface area contributed by atoms with Gasteiger partial charge in [0.15, 0.2) is 0 Å².